The molecule has 0 aromatic carbocycles. The van der Waals surface area contributed by atoms with Crippen LogP contribution in [0.4, 0.5) is 0 Å². The van der Waals surface area contributed by atoms with Crippen LogP contribution in [0.5, 0.6) is 0 Å². The number of carboxylic acids is 1. The minimum atomic E-state index is -0.739. The zero-order valence-electron chi connectivity index (χ0n) is 11.1. The molecule has 2 atom stereocenters. The van der Waals surface area contributed by atoms with Gasteiger partial charge in [-0.15, -0.1) is 0 Å². The fourth-order valence-electron chi connectivity index (χ4n) is 2.70. The maximum absolute atomic E-state index is 10.9. The molecule has 0 spiro atoms. The molecule has 2 unspecified atom stereocenters. The molecule has 0 amide bonds. The highest BCUT2D eigenvalue weighted by Gasteiger charge is 2.23. The Kier molecular flexibility index (Phi) is 6.52. The summed E-state index contributed by atoms with van der Waals surface area (Å²) in [7, 11) is 1.72. The first-order chi connectivity index (χ1) is 8.19. The lowest BCUT2D eigenvalue weighted by molar-refractivity contribution is -0.139. The third kappa shape index (κ3) is 4.64. The quantitative estimate of drug-likeness (QED) is 0.713. The smallest absolute Gasteiger partial charge is 0.320 e. The van der Waals surface area contributed by atoms with Gasteiger partial charge in [0.2, 0.25) is 0 Å². The molecule has 0 aliphatic carbocycles. The number of nitrogens with zero attached hydrogens (tertiary/aromatic N) is 1. The van der Waals surface area contributed by atoms with Crippen LogP contribution in [-0.2, 0) is 4.79 Å². The Morgan fingerprint density at radius 2 is 2.29 bits per heavy atom. The lowest BCUT2D eigenvalue weighted by Crippen LogP contribution is -2.43. The number of carbonyl (C=O) groups is 1. The Morgan fingerprint density at radius 3 is 2.88 bits per heavy atom. The summed E-state index contributed by atoms with van der Waals surface area (Å²) in [5, 5.41) is 11.9. The van der Waals surface area contributed by atoms with Crippen molar-refractivity contribution in [2.45, 2.75) is 57.5 Å². The van der Waals surface area contributed by atoms with Gasteiger partial charge in [0.25, 0.3) is 0 Å². The Labute approximate surface area is 104 Å². The Bertz CT molecular complexity index is 231. The van der Waals surface area contributed by atoms with Gasteiger partial charge in [0.05, 0.1) is 0 Å². The van der Waals surface area contributed by atoms with Gasteiger partial charge >= 0.3 is 5.97 Å². The monoisotopic (exact) mass is 242 g/mol. The minimum absolute atomic E-state index is 0.404. The van der Waals surface area contributed by atoms with Crippen molar-refractivity contribution in [3.8, 4) is 0 Å². The predicted molar refractivity (Wildman–Crippen MR) is 69.2 cm³/mol. The van der Waals surface area contributed by atoms with Gasteiger partial charge in [0.1, 0.15) is 6.04 Å². The number of aliphatic carboxylic acids is 1. The number of piperidine rings is 1. The maximum Gasteiger partial charge on any atom is 0.320 e. The second kappa shape index (κ2) is 7.67. The van der Waals surface area contributed by atoms with Crippen molar-refractivity contribution >= 4 is 5.97 Å². The third-order valence-corrected chi connectivity index (χ3v) is 3.72. The highest BCUT2D eigenvalue weighted by Crippen LogP contribution is 2.21. The van der Waals surface area contributed by atoms with Crippen molar-refractivity contribution in [2.24, 2.45) is 0 Å². The molecule has 1 saturated heterocycles. The summed E-state index contributed by atoms with van der Waals surface area (Å²) in [6, 6.07) is 0.277. The zero-order chi connectivity index (χ0) is 12.7. The van der Waals surface area contributed by atoms with Gasteiger partial charge < -0.3 is 15.3 Å². The number of rotatable bonds is 7. The molecule has 17 heavy (non-hydrogen) atoms. The van der Waals surface area contributed by atoms with Crippen LogP contribution in [0.15, 0.2) is 0 Å². The second-order valence-corrected chi connectivity index (χ2v) is 4.94. The van der Waals surface area contributed by atoms with Crippen LogP contribution in [-0.4, -0.2) is 48.2 Å². The van der Waals surface area contributed by atoms with Crippen LogP contribution in [0.2, 0.25) is 0 Å². The zero-order valence-corrected chi connectivity index (χ0v) is 11.1. The number of hydrogen-bond acceptors (Lipinski definition) is 3. The first-order valence-electron chi connectivity index (χ1n) is 6.83. The van der Waals surface area contributed by atoms with Crippen LogP contribution in [0, 0.1) is 0 Å². The molecule has 0 aromatic heterocycles. The summed E-state index contributed by atoms with van der Waals surface area (Å²) >= 11 is 0. The minimum Gasteiger partial charge on any atom is -0.480 e. The molecular weight excluding hydrogens is 216 g/mol. The molecule has 1 aliphatic rings. The Morgan fingerprint density at radius 1 is 1.53 bits per heavy atom. The number of carboxylic acid groups (broad SMARTS) is 1. The fourth-order valence-corrected chi connectivity index (χ4v) is 2.70. The van der Waals surface area contributed by atoms with Crippen molar-refractivity contribution in [2.75, 3.05) is 20.1 Å². The van der Waals surface area contributed by atoms with E-state index in [1.54, 1.807) is 7.05 Å². The third-order valence-electron chi connectivity index (χ3n) is 3.72. The molecule has 1 heterocycles. The van der Waals surface area contributed by atoms with Crippen molar-refractivity contribution in [3.63, 3.8) is 0 Å². The maximum atomic E-state index is 10.9. The van der Waals surface area contributed by atoms with Crippen LogP contribution in [0.1, 0.15) is 45.4 Å². The molecule has 4 nitrogen and oxygen atoms in total. The second-order valence-electron chi connectivity index (χ2n) is 4.94. The van der Waals surface area contributed by atoms with Crippen LogP contribution in [0.3, 0.4) is 0 Å². The first kappa shape index (κ1) is 14.5. The molecule has 1 aliphatic heterocycles. The summed E-state index contributed by atoms with van der Waals surface area (Å²) in [4.78, 5) is 13.4. The van der Waals surface area contributed by atoms with Gasteiger partial charge in [-0.25, -0.2) is 0 Å². The molecule has 1 rings (SSSR count). The number of hydrogen-bond donors (Lipinski definition) is 2. The van der Waals surface area contributed by atoms with Gasteiger partial charge in [-0.1, -0.05) is 19.8 Å². The average molecular weight is 242 g/mol. The standard InChI is InChI=1S/C13H26N2O2/c1-3-6-11-7-4-5-9-15(11)10-8-12(14-2)13(16)17/h11-12,14H,3-10H2,1-2H3,(H,16,17). The Balaban J connectivity index is 2.39. The van der Waals surface area contributed by atoms with Gasteiger partial charge in [0.15, 0.2) is 0 Å². The summed E-state index contributed by atoms with van der Waals surface area (Å²) in [6.07, 6.45) is 7.04. The molecule has 0 saturated carbocycles. The van der Waals surface area contributed by atoms with E-state index in [2.05, 4.69) is 17.1 Å². The first-order valence-corrected chi connectivity index (χ1v) is 6.83. The predicted octanol–water partition coefficient (Wildman–Crippen LogP) is 1.70. The van der Waals surface area contributed by atoms with E-state index in [0.29, 0.717) is 12.5 Å². The van der Waals surface area contributed by atoms with Crippen molar-refractivity contribution < 1.29 is 9.90 Å². The summed E-state index contributed by atoms with van der Waals surface area (Å²) in [5.74, 6) is -0.739. The van der Waals surface area contributed by atoms with E-state index in [-0.39, 0.29) is 0 Å². The summed E-state index contributed by atoms with van der Waals surface area (Å²) < 4.78 is 0. The highest BCUT2D eigenvalue weighted by atomic mass is 16.4. The molecule has 1 fully saturated rings. The lowest BCUT2D eigenvalue weighted by Gasteiger charge is -2.36. The van der Waals surface area contributed by atoms with E-state index in [9.17, 15) is 4.79 Å². The van der Waals surface area contributed by atoms with Gasteiger partial charge in [-0.05, 0) is 39.3 Å². The fraction of sp³-hybridized carbons (Fsp3) is 0.923. The molecule has 0 aromatic rings. The lowest BCUT2D eigenvalue weighted by atomic mass is 9.97. The van der Waals surface area contributed by atoms with E-state index in [4.69, 9.17) is 5.11 Å². The van der Waals surface area contributed by atoms with Crippen molar-refractivity contribution in [1.82, 2.24) is 10.2 Å². The molecule has 2 N–H and O–H groups in total. The van der Waals surface area contributed by atoms with Gasteiger partial charge in [-0.2, -0.15) is 0 Å². The largest absolute Gasteiger partial charge is 0.480 e. The van der Waals surface area contributed by atoms with Crippen LogP contribution < -0.4 is 5.32 Å². The number of likely N-dealkylation sites (N-methyl/N-ethyl adjacent to an activating group) is 1. The van der Waals surface area contributed by atoms with E-state index in [0.717, 1.165) is 13.1 Å². The molecule has 100 valence electrons. The molecule has 0 bridgehead atoms. The summed E-state index contributed by atoms with van der Waals surface area (Å²) in [5.41, 5.74) is 0. The van der Waals surface area contributed by atoms with E-state index in [1.165, 1.54) is 32.1 Å². The molecular formula is C13H26N2O2. The van der Waals surface area contributed by atoms with E-state index >= 15 is 0 Å². The molecule has 4 heteroatoms. The normalized spacial score (nSPS) is 23.5. The Hall–Kier alpha value is -0.610. The topological polar surface area (TPSA) is 52.6 Å². The van der Waals surface area contributed by atoms with Crippen molar-refractivity contribution in [3.05, 3.63) is 0 Å². The average Bonchev–Trinajstić information content (AvgIpc) is 2.32. The van der Waals surface area contributed by atoms with Crippen LogP contribution in [0.25, 0.3) is 0 Å². The van der Waals surface area contributed by atoms with Crippen LogP contribution >= 0.6 is 0 Å². The number of likely N-dealkylation sites (tertiary alicyclic amines) is 1. The number of nitrogens with one attached hydrogen (secondary N) is 1. The summed E-state index contributed by atoms with van der Waals surface area (Å²) in [6.45, 7) is 4.27. The van der Waals surface area contributed by atoms with E-state index < -0.39 is 12.0 Å². The molecule has 0 radical (unpaired) electrons. The van der Waals surface area contributed by atoms with Gasteiger partial charge in [0, 0.05) is 12.6 Å². The SMILES string of the molecule is CCCC1CCCCN1CCC(NC)C(=O)O. The van der Waals surface area contributed by atoms with Gasteiger partial charge in [-0.3, -0.25) is 4.79 Å². The van der Waals surface area contributed by atoms with E-state index in [1.807, 2.05) is 0 Å². The highest BCUT2D eigenvalue weighted by molar-refractivity contribution is 5.73. The van der Waals surface area contributed by atoms with Crippen molar-refractivity contribution in [1.29, 1.82) is 0 Å².